The number of rotatable bonds is 2. The van der Waals surface area contributed by atoms with Crippen LogP contribution in [0.4, 0.5) is 5.69 Å². The molecule has 0 aliphatic carbocycles. The number of aromatic hydroxyl groups is 1. The highest BCUT2D eigenvalue weighted by Crippen LogP contribution is 2.17. The topological polar surface area (TPSA) is 86.6 Å². The maximum absolute atomic E-state index is 11.8. The first kappa shape index (κ1) is 15.2. The molecule has 0 saturated carbocycles. The smallest absolute Gasteiger partial charge is 0.300 e. The molecule has 0 heterocycles. The number of phenols is 1. The summed E-state index contributed by atoms with van der Waals surface area (Å²) in [5, 5.41) is 19.6. The number of amides is 1. The molecule has 0 saturated heterocycles. The summed E-state index contributed by atoms with van der Waals surface area (Å²) in [7, 11) is 0. The minimum absolute atomic E-state index is 0.0177. The molecule has 0 bridgehead atoms. The second kappa shape index (κ2) is 7.58. The third kappa shape index (κ3) is 5.22. The quantitative estimate of drug-likeness (QED) is 0.785. The number of benzene rings is 2. The van der Waals surface area contributed by atoms with Crippen LogP contribution >= 0.6 is 0 Å². The molecule has 0 spiro atoms. The van der Waals surface area contributed by atoms with Crippen LogP contribution in [-0.2, 0) is 4.79 Å². The predicted molar refractivity (Wildman–Crippen MR) is 75.8 cm³/mol. The molecule has 0 aromatic heterocycles. The van der Waals surface area contributed by atoms with Crippen LogP contribution in [0.25, 0.3) is 0 Å². The highest BCUT2D eigenvalue weighted by atomic mass is 16.4. The Morgan fingerprint density at radius 3 is 2.00 bits per heavy atom. The summed E-state index contributed by atoms with van der Waals surface area (Å²) in [6.45, 7) is 1.08. The van der Waals surface area contributed by atoms with Crippen molar-refractivity contribution in [2.45, 2.75) is 6.92 Å². The number of carboxylic acids is 1. The van der Waals surface area contributed by atoms with Gasteiger partial charge in [-0.3, -0.25) is 9.59 Å². The van der Waals surface area contributed by atoms with E-state index in [4.69, 9.17) is 9.90 Å². The van der Waals surface area contributed by atoms with Gasteiger partial charge in [-0.15, -0.1) is 0 Å². The fourth-order valence-electron chi connectivity index (χ4n) is 1.39. The Hall–Kier alpha value is -2.82. The summed E-state index contributed by atoms with van der Waals surface area (Å²) in [5.74, 6) is -1.17. The maximum Gasteiger partial charge on any atom is 0.300 e. The number of para-hydroxylation sites is 2. The zero-order valence-corrected chi connectivity index (χ0v) is 10.9. The van der Waals surface area contributed by atoms with Crippen molar-refractivity contribution in [2.24, 2.45) is 0 Å². The maximum atomic E-state index is 11.8. The number of hydrogen-bond acceptors (Lipinski definition) is 3. The zero-order chi connectivity index (χ0) is 15.0. The molecule has 0 aliphatic heterocycles. The predicted octanol–water partition coefficient (Wildman–Crippen LogP) is 2.74. The fourth-order valence-corrected chi connectivity index (χ4v) is 1.39. The van der Waals surface area contributed by atoms with Crippen LogP contribution in [0, 0.1) is 0 Å². The summed E-state index contributed by atoms with van der Waals surface area (Å²) in [6, 6.07) is 15.6. The van der Waals surface area contributed by atoms with E-state index in [1.54, 1.807) is 30.3 Å². The van der Waals surface area contributed by atoms with E-state index in [1.807, 2.05) is 18.2 Å². The van der Waals surface area contributed by atoms with Gasteiger partial charge >= 0.3 is 0 Å². The zero-order valence-electron chi connectivity index (χ0n) is 10.9. The van der Waals surface area contributed by atoms with Gasteiger partial charge in [0.2, 0.25) is 0 Å². The molecule has 2 aromatic carbocycles. The van der Waals surface area contributed by atoms with Gasteiger partial charge in [0.25, 0.3) is 11.9 Å². The number of aliphatic carboxylic acids is 1. The van der Waals surface area contributed by atoms with Crippen molar-refractivity contribution >= 4 is 17.6 Å². The summed E-state index contributed by atoms with van der Waals surface area (Å²) in [4.78, 5) is 20.8. The third-order valence-electron chi connectivity index (χ3n) is 2.18. The third-order valence-corrected chi connectivity index (χ3v) is 2.18. The van der Waals surface area contributed by atoms with Crippen LogP contribution in [0.5, 0.6) is 5.75 Å². The Labute approximate surface area is 116 Å². The molecule has 5 heteroatoms. The van der Waals surface area contributed by atoms with Crippen molar-refractivity contribution in [3.05, 3.63) is 60.2 Å². The average molecular weight is 273 g/mol. The number of nitrogens with one attached hydrogen (secondary N) is 1. The molecule has 0 fully saturated rings. The molecule has 20 heavy (non-hydrogen) atoms. The number of hydrogen-bond donors (Lipinski definition) is 3. The van der Waals surface area contributed by atoms with Crippen LogP contribution in [0.1, 0.15) is 17.3 Å². The first-order valence-electron chi connectivity index (χ1n) is 5.84. The standard InChI is InChI=1S/C13H11NO2.C2H4O2/c15-12-9-5-4-8-11(12)13(16)14-10-6-2-1-3-7-10;1-2(3)4/h1-9,15H,(H,14,16);1H3,(H,3,4). The normalized spacial score (nSPS) is 9.05. The highest BCUT2D eigenvalue weighted by Gasteiger charge is 2.09. The van der Waals surface area contributed by atoms with E-state index < -0.39 is 5.97 Å². The Balaban J connectivity index is 0.000000444. The lowest BCUT2D eigenvalue weighted by Crippen LogP contribution is -2.11. The summed E-state index contributed by atoms with van der Waals surface area (Å²) >= 11 is 0. The highest BCUT2D eigenvalue weighted by molar-refractivity contribution is 6.06. The van der Waals surface area contributed by atoms with Gasteiger partial charge in [-0.25, -0.2) is 0 Å². The van der Waals surface area contributed by atoms with E-state index in [2.05, 4.69) is 5.32 Å². The Kier molecular flexibility index (Phi) is 5.77. The number of anilines is 1. The fraction of sp³-hybridized carbons (Fsp3) is 0.0667. The molecule has 0 aliphatic rings. The van der Waals surface area contributed by atoms with Crippen LogP contribution in [-0.4, -0.2) is 22.1 Å². The first-order chi connectivity index (χ1) is 9.50. The second-order valence-electron chi connectivity index (χ2n) is 3.86. The summed E-state index contributed by atoms with van der Waals surface area (Å²) < 4.78 is 0. The number of carboxylic acid groups (broad SMARTS) is 1. The van der Waals surface area contributed by atoms with Gasteiger partial charge in [0, 0.05) is 12.6 Å². The van der Waals surface area contributed by atoms with Crippen LogP contribution < -0.4 is 5.32 Å². The van der Waals surface area contributed by atoms with E-state index in [9.17, 15) is 9.90 Å². The average Bonchev–Trinajstić information content (AvgIpc) is 2.39. The lowest BCUT2D eigenvalue weighted by Gasteiger charge is -2.05. The van der Waals surface area contributed by atoms with Crippen molar-refractivity contribution in [2.75, 3.05) is 5.32 Å². The van der Waals surface area contributed by atoms with Gasteiger partial charge < -0.3 is 15.5 Å². The van der Waals surface area contributed by atoms with Crippen molar-refractivity contribution in [1.82, 2.24) is 0 Å². The van der Waals surface area contributed by atoms with Gasteiger partial charge in [0.05, 0.1) is 5.56 Å². The summed E-state index contributed by atoms with van der Waals surface area (Å²) in [5.41, 5.74) is 0.974. The molecule has 5 nitrogen and oxygen atoms in total. The monoisotopic (exact) mass is 273 g/mol. The van der Waals surface area contributed by atoms with Gasteiger partial charge in [-0.2, -0.15) is 0 Å². The van der Waals surface area contributed by atoms with E-state index in [0.29, 0.717) is 5.69 Å². The molecule has 104 valence electrons. The van der Waals surface area contributed by atoms with Crippen molar-refractivity contribution in [1.29, 1.82) is 0 Å². The lowest BCUT2D eigenvalue weighted by atomic mass is 10.2. The van der Waals surface area contributed by atoms with Crippen molar-refractivity contribution in [3.63, 3.8) is 0 Å². The van der Waals surface area contributed by atoms with Gasteiger partial charge in [-0.05, 0) is 24.3 Å². The molecular weight excluding hydrogens is 258 g/mol. The largest absolute Gasteiger partial charge is 0.507 e. The van der Waals surface area contributed by atoms with Crippen LogP contribution in [0.15, 0.2) is 54.6 Å². The van der Waals surface area contributed by atoms with Crippen molar-refractivity contribution < 1.29 is 19.8 Å². The Morgan fingerprint density at radius 2 is 1.45 bits per heavy atom. The molecule has 2 aromatic rings. The second-order valence-corrected chi connectivity index (χ2v) is 3.86. The van der Waals surface area contributed by atoms with Gasteiger partial charge in [0.15, 0.2) is 0 Å². The number of carbonyl (C=O) groups excluding carboxylic acids is 1. The minimum Gasteiger partial charge on any atom is -0.507 e. The first-order valence-corrected chi connectivity index (χ1v) is 5.84. The molecule has 3 N–H and O–H groups in total. The number of phenolic OH excluding ortho intramolecular Hbond substituents is 1. The molecule has 1 amide bonds. The molecule has 2 rings (SSSR count). The van der Waals surface area contributed by atoms with E-state index >= 15 is 0 Å². The van der Waals surface area contributed by atoms with E-state index in [0.717, 1.165) is 6.92 Å². The number of carbonyl (C=O) groups is 2. The van der Waals surface area contributed by atoms with E-state index in [-0.39, 0.29) is 17.2 Å². The van der Waals surface area contributed by atoms with Crippen LogP contribution in [0.2, 0.25) is 0 Å². The minimum atomic E-state index is -0.833. The van der Waals surface area contributed by atoms with Crippen molar-refractivity contribution in [3.8, 4) is 5.75 Å². The Bertz CT molecular complexity index is 577. The van der Waals surface area contributed by atoms with Gasteiger partial charge in [0.1, 0.15) is 5.75 Å². The summed E-state index contributed by atoms with van der Waals surface area (Å²) in [6.07, 6.45) is 0. The molecule has 0 atom stereocenters. The molecule has 0 unspecified atom stereocenters. The molecular formula is C15H15NO4. The van der Waals surface area contributed by atoms with Crippen LogP contribution in [0.3, 0.4) is 0 Å². The van der Waals surface area contributed by atoms with E-state index in [1.165, 1.54) is 6.07 Å². The molecule has 0 radical (unpaired) electrons. The van der Waals surface area contributed by atoms with Gasteiger partial charge in [-0.1, -0.05) is 30.3 Å². The Morgan fingerprint density at radius 1 is 0.950 bits per heavy atom. The lowest BCUT2D eigenvalue weighted by molar-refractivity contribution is -0.134. The SMILES string of the molecule is CC(=O)O.O=C(Nc1ccccc1)c1ccccc1O.